The molecule has 142 valence electrons. The number of thioether (sulfide) groups is 1. The second-order valence-corrected chi connectivity index (χ2v) is 7.85. The molecule has 1 unspecified atom stereocenters. The molecular weight excluding hydrogens is 344 g/mol. The Balaban J connectivity index is 2.87. The van der Waals surface area contributed by atoms with E-state index in [1.54, 1.807) is 26.0 Å². The van der Waals surface area contributed by atoms with Crippen LogP contribution in [0.5, 0.6) is 11.5 Å². The summed E-state index contributed by atoms with van der Waals surface area (Å²) in [7, 11) is 3.33. The molecule has 0 heterocycles. The zero-order valence-electron chi connectivity index (χ0n) is 17.1. The van der Waals surface area contributed by atoms with E-state index in [0.717, 1.165) is 39.3 Å². The quantitative estimate of drug-likeness (QED) is 0.702. The van der Waals surface area contributed by atoms with Crippen LogP contribution in [0.1, 0.15) is 41.7 Å². The van der Waals surface area contributed by atoms with Crippen LogP contribution in [0, 0.1) is 26.7 Å². The lowest BCUT2D eigenvalue weighted by molar-refractivity contribution is 0.0284. The van der Waals surface area contributed by atoms with E-state index >= 15 is 0 Å². The second kappa shape index (κ2) is 7.93. The molecule has 0 aliphatic carbocycles. The molecule has 0 fully saturated rings. The average Bonchev–Trinajstić information content (AvgIpc) is 2.64. The van der Waals surface area contributed by atoms with Crippen molar-refractivity contribution in [2.45, 2.75) is 45.1 Å². The van der Waals surface area contributed by atoms with Gasteiger partial charge in [-0.05, 0) is 61.8 Å². The summed E-state index contributed by atoms with van der Waals surface area (Å²) >= 11 is 1.69. The van der Waals surface area contributed by atoms with Crippen molar-refractivity contribution in [3.63, 3.8) is 0 Å². The fraction of sp³-hybridized carbons (Fsp3) is 0.455. The number of methoxy groups -OCH3 is 2. The van der Waals surface area contributed by atoms with Gasteiger partial charge < -0.3 is 14.6 Å². The Morgan fingerprint density at radius 3 is 1.81 bits per heavy atom. The summed E-state index contributed by atoms with van der Waals surface area (Å²) in [5, 5.41) is 12.0. The van der Waals surface area contributed by atoms with Crippen LogP contribution in [-0.4, -0.2) is 25.6 Å². The van der Waals surface area contributed by atoms with Crippen LogP contribution >= 0.6 is 11.8 Å². The van der Waals surface area contributed by atoms with Gasteiger partial charge in [-0.25, -0.2) is 0 Å². The highest BCUT2D eigenvalue weighted by molar-refractivity contribution is 7.98. The van der Waals surface area contributed by atoms with Crippen LogP contribution in [0.25, 0.3) is 0 Å². The van der Waals surface area contributed by atoms with Gasteiger partial charge in [-0.1, -0.05) is 26.0 Å². The largest absolute Gasteiger partial charge is 0.496 e. The van der Waals surface area contributed by atoms with Gasteiger partial charge in [0.05, 0.1) is 14.2 Å². The Morgan fingerprint density at radius 2 is 1.38 bits per heavy atom. The molecule has 0 bridgehead atoms. The second-order valence-electron chi connectivity index (χ2n) is 6.97. The molecule has 2 aromatic rings. The van der Waals surface area contributed by atoms with Gasteiger partial charge in [-0.3, -0.25) is 0 Å². The molecule has 0 spiro atoms. The summed E-state index contributed by atoms with van der Waals surface area (Å²) < 4.78 is 11.5. The first kappa shape index (κ1) is 20.7. The van der Waals surface area contributed by atoms with Gasteiger partial charge in [0.1, 0.15) is 17.1 Å². The normalized spacial score (nSPS) is 13.6. The number of hydrogen-bond donors (Lipinski definition) is 1. The lowest BCUT2D eigenvalue weighted by Crippen LogP contribution is -2.35. The van der Waals surface area contributed by atoms with Gasteiger partial charge in [0, 0.05) is 16.0 Å². The van der Waals surface area contributed by atoms with Crippen LogP contribution in [0.2, 0.25) is 0 Å². The van der Waals surface area contributed by atoms with Crippen molar-refractivity contribution in [1.82, 2.24) is 0 Å². The van der Waals surface area contributed by atoms with Crippen LogP contribution < -0.4 is 9.47 Å². The van der Waals surface area contributed by atoms with Gasteiger partial charge in [0.2, 0.25) is 0 Å². The first-order valence-corrected chi connectivity index (χ1v) is 10.1. The lowest BCUT2D eigenvalue weighted by Gasteiger charge is -2.37. The summed E-state index contributed by atoms with van der Waals surface area (Å²) in [5.74, 6) is 1.48. The van der Waals surface area contributed by atoms with Crippen LogP contribution in [-0.2, 0) is 5.60 Å². The third-order valence-corrected chi connectivity index (χ3v) is 6.08. The van der Waals surface area contributed by atoms with Crippen molar-refractivity contribution < 1.29 is 14.6 Å². The minimum atomic E-state index is -1.18. The Kier molecular flexibility index (Phi) is 6.30. The van der Waals surface area contributed by atoms with E-state index in [2.05, 4.69) is 0 Å². The van der Waals surface area contributed by atoms with E-state index in [0.29, 0.717) is 0 Å². The van der Waals surface area contributed by atoms with Crippen molar-refractivity contribution >= 4 is 11.8 Å². The van der Waals surface area contributed by atoms with E-state index in [1.165, 1.54) is 4.90 Å². The minimum absolute atomic E-state index is 0.0537. The fourth-order valence-corrected chi connectivity index (χ4v) is 4.13. The van der Waals surface area contributed by atoms with Crippen molar-refractivity contribution in [2.24, 2.45) is 5.92 Å². The van der Waals surface area contributed by atoms with Gasteiger partial charge in [-0.15, -0.1) is 11.8 Å². The maximum absolute atomic E-state index is 12.0. The highest BCUT2D eigenvalue weighted by atomic mass is 32.2. The molecular formula is C22H30O3S. The van der Waals surface area contributed by atoms with Crippen LogP contribution in [0.15, 0.2) is 29.2 Å². The molecule has 1 N–H and O–H groups in total. The Bertz CT molecular complexity index is 781. The maximum atomic E-state index is 12.0. The standard InChI is InChI=1S/C22H30O3S/c1-13(2)22(23,17-9-11-18(26-8)12-10-17)19-16(5)20(24-6)14(3)15(4)21(19)25-7/h9-13,23H,1-8H3. The molecule has 0 aromatic heterocycles. The van der Waals surface area contributed by atoms with Crippen molar-refractivity contribution in [3.05, 3.63) is 52.1 Å². The summed E-state index contributed by atoms with van der Waals surface area (Å²) in [5.41, 5.74) is 3.40. The first-order chi connectivity index (χ1) is 12.2. The van der Waals surface area contributed by atoms with Gasteiger partial charge in [0.15, 0.2) is 0 Å². The monoisotopic (exact) mass is 374 g/mol. The molecule has 0 radical (unpaired) electrons. The molecule has 3 nitrogen and oxygen atoms in total. The smallest absolute Gasteiger partial charge is 0.129 e. The summed E-state index contributed by atoms with van der Waals surface area (Å²) in [6, 6.07) is 8.11. The summed E-state index contributed by atoms with van der Waals surface area (Å²) in [4.78, 5) is 1.17. The SMILES string of the molecule is COc1c(C)c(C)c(OC)c(C(O)(c2ccc(SC)cc2)C(C)C)c1C. The molecule has 4 heteroatoms. The molecule has 1 atom stereocenters. The Labute approximate surface area is 161 Å². The molecule has 2 rings (SSSR count). The average molecular weight is 375 g/mol. The summed E-state index contributed by atoms with van der Waals surface area (Å²) in [6.45, 7) is 10.1. The fourth-order valence-electron chi connectivity index (χ4n) is 3.72. The number of rotatable bonds is 6. The van der Waals surface area contributed by atoms with E-state index in [1.807, 2.05) is 65.1 Å². The van der Waals surface area contributed by atoms with Crippen LogP contribution in [0.4, 0.5) is 0 Å². The van der Waals surface area contributed by atoms with E-state index in [-0.39, 0.29) is 5.92 Å². The molecule has 0 saturated heterocycles. The molecule has 0 saturated carbocycles. The predicted octanol–water partition coefficient (Wildman–Crippen LogP) is 5.24. The van der Waals surface area contributed by atoms with E-state index in [9.17, 15) is 5.11 Å². The maximum Gasteiger partial charge on any atom is 0.129 e. The van der Waals surface area contributed by atoms with E-state index in [4.69, 9.17) is 9.47 Å². The Hall–Kier alpha value is -1.65. The third-order valence-electron chi connectivity index (χ3n) is 5.34. The zero-order chi connectivity index (χ0) is 19.6. The molecule has 26 heavy (non-hydrogen) atoms. The molecule has 0 amide bonds. The number of benzene rings is 2. The van der Waals surface area contributed by atoms with Crippen molar-refractivity contribution in [1.29, 1.82) is 0 Å². The zero-order valence-corrected chi connectivity index (χ0v) is 17.9. The number of hydrogen-bond acceptors (Lipinski definition) is 4. The molecule has 0 aliphatic rings. The number of aliphatic hydroxyl groups is 1. The highest BCUT2D eigenvalue weighted by Crippen LogP contribution is 2.48. The van der Waals surface area contributed by atoms with Gasteiger partial charge in [0.25, 0.3) is 0 Å². The van der Waals surface area contributed by atoms with Crippen molar-refractivity contribution in [3.8, 4) is 11.5 Å². The minimum Gasteiger partial charge on any atom is -0.496 e. The first-order valence-electron chi connectivity index (χ1n) is 8.83. The topological polar surface area (TPSA) is 38.7 Å². The third kappa shape index (κ3) is 3.21. The molecule has 0 aliphatic heterocycles. The van der Waals surface area contributed by atoms with Crippen LogP contribution in [0.3, 0.4) is 0 Å². The van der Waals surface area contributed by atoms with Gasteiger partial charge in [-0.2, -0.15) is 0 Å². The molecule has 2 aromatic carbocycles. The Morgan fingerprint density at radius 1 is 0.885 bits per heavy atom. The predicted molar refractivity (Wildman–Crippen MR) is 110 cm³/mol. The van der Waals surface area contributed by atoms with E-state index < -0.39 is 5.60 Å². The number of ether oxygens (including phenoxy) is 2. The highest BCUT2D eigenvalue weighted by Gasteiger charge is 2.41. The van der Waals surface area contributed by atoms with Gasteiger partial charge >= 0.3 is 0 Å². The summed E-state index contributed by atoms with van der Waals surface area (Å²) in [6.07, 6.45) is 2.05. The lowest BCUT2D eigenvalue weighted by atomic mass is 9.74. The van der Waals surface area contributed by atoms with Crippen molar-refractivity contribution in [2.75, 3.05) is 20.5 Å².